The van der Waals surface area contributed by atoms with Crippen LogP contribution in [0.2, 0.25) is 0 Å². The highest BCUT2D eigenvalue weighted by Gasteiger charge is 2.15. The van der Waals surface area contributed by atoms with Crippen LogP contribution < -0.4 is 0 Å². The molecular formula is C20H18BrClN2. The molecule has 0 saturated heterocycles. The summed E-state index contributed by atoms with van der Waals surface area (Å²) in [7, 11) is 0. The lowest BCUT2D eigenvalue weighted by Crippen LogP contribution is -1.90. The van der Waals surface area contributed by atoms with Gasteiger partial charge in [-0.1, -0.05) is 23.8 Å². The van der Waals surface area contributed by atoms with Gasteiger partial charge in [-0.05, 0) is 66.5 Å². The first-order valence-corrected chi connectivity index (χ1v) is 8.49. The molecule has 2 aromatic carbocycles. The van der Waals surface area contributed by atoms with Gasteiger partial charge in [0.05, 0.1) is 5.52 Å². The van der Waals surface area contributed by atoms with Crippen molar-refractivity contribution in [3.05, 3.63) is 63.9 Å². The van der Waals surface area contributed by atoms with E-state index in [1.807, 2.05) is 6.07 Å². The third-order valence-electron chi connectivity index (χ3n) is 4.33. The van der Waals surface area contributed by atoms with E-state index in [0.29, 0.717) is 0 Å². The van der Waals surface area contributed by atoms with Crippen LogP contribution in [0, 0.1) is 20.8 Å². The van der Waals surface area contributed by atoms with Gasteiger partial charge in [0.1, 0.15) is 0 Å². The van der Waals surface area contributed by atoms with Crippen LogP contribution in [-0.4, -0.2) is 9.97 Å². The Labute approximate surface area is 155 Å². The maximum Gasteiger partial charge on any atom is 0.0853 e. The van der Waals surface area contributed by atoms with Crippen molar-refractivity contribution < 1.29 is 0 Å². The lowest BCUT2D eigenvalue weighted by atomic mass is 9.97. The molecule has 0 bridgehead atoms. The summed E-state index contributed by atoms with van der Waals surface area (Å²) in [6.45, 7) is 6.33. The van der Waals surface area contributed by atoms with E-state index in [-0.39, 0.29) is 12.4 Å². The van der Waals surface area contributed by atoms with Crippen LogP contribution in [-0.2, 0) is 0 Å². The van der Waals surface area contributed by atoms with Crippen molar-refractivity contribution in [3.63, 3.8) is 0 Å². The van der Waals surface area contributed by atoms with E-state index in [0.717, 1.165) is 15.7 Å². The molecule has 0 atom stereocenters. The van der Waals surface area contributed by atoms with Gasteiger partial charge in [-0.2, -0.15) is 0 Å². The molecule has 4 rings (SSSR count). The molecule has 0 spiro atoms. The first-order chi connectivity index (χ1) is 11.0. The third-order valence-corrected chi connectivity index (χ3v) is 4.97. The number of nitrogens with zero attached hydrogens (tertiary/aromatic N) is 1. The standard InChI is InChI=1S/C20H17BrN2.ClH/c1-11-7-8-18-16(9-11)19(13(3)23-18)15-10-12(2)22-20-14(15)5-4-6-17(20)21;/h4-10,23H,1-3H3;1H. The summed E-state index contributed by atoms with van der Waals surface area (Å²) in [5.41, 5.74) is 8.21. The van der Waals surface area contributed by atoms with E-state index in [1.54, 1.807) is 0 Å². The normalized spacial score (nSPS) is 11.0. The van der Waals surface area contributed by atoms with E-state index in [4.69, 9.17) is 4.98 Å². The van der Waals surface area contributed by atoms with Gasteiger partial charge in [-0.3, -0.25) is 4.98 Å². The van der Waals surface area contributed by atoms with Gasteiger partial charge >= 0.3 is 0 Å². The van der Waals surface area contributed by atoms with Crippen LogP contribution in [0.25, 0.3) is 32.9 Å². The van der Waals surface area contributed by atoms with Crippen LogP contribution in [0.3, 0.4) is 0 Å². The molecule has 4 heteroatoms. The largest absolute Gasteiger partial charge is 0.358 e. The van der Waals surface area contributed by atoms with Gasteiger partial charge < -0.3 is 4.98 Å². The number of pyridine rings is 1. The summed E-state index contributed by atoms with van der Waals surface area (Å²) >= 11 is 3.64. The summed E-state index contributed by atoms with van der Waals surface area (Å²) in [5, 5.41) is 2.45. The Morgan fingerprint density at radius 2 is 1.75 bits per heavy atom. The highest BCUT2D eigenvalue weighted by atomic mass is 79.9. The van der Waals surface area contributed by atoms with E-state index in [2.05, 4.69) is 78.1 Å². The number of hydrogen-bond donors (Lipinski definition) is 1. The van der Waals surface area contributed by atoms with Crippen LogP contribution in [0.4, 0.5) is 0 Å². The summed E-state index contributed by atoms with van der Waals surface area (Å²) in [4.78, 5) is 8.24. The van der Waals surface area contributed by atoms with E-state index >= 15 is 0 Å². The van der Waals surface area contributed by atoms with Gasteiger partial charge in [-0.25, -0.2) is 0 Å². The number of rotatable bonds is 1. The molecule has 0 radical (unpaired) electrons. The fourth-order valence-electron chi connectivity index (χ4n) is 3.34. The van der Waals surface area contributed by atoms with E-state index < -0.39 is 0 Å². The number of benzene rings is 2. The van der Waals surface area contributed by atoms with Gasteiger partial charge in [0, 0.05) is 37.7 Å². The van der Waals surface area contributed by atoms with Crippen LogP contribution in [0.15, 0.2) is 46.9 Å². The average molecular weight is 402 g/mol. The molecule has 0 aliphatic heterocycles. The van der Waals surface area contributed by atoms with Crippen molar-refractivity contribution in [1.29, 1.82) is 0 Å². The monoisotopic (exact) mass is 400 g/mol. The first kappa shape index (κ1) is 17.0. The number of fused-ring (bicyclic) bond motifs is 2. The molecule has 0 unspecified atom stereocenters. The molecule has 0 amide bonds. The van der Waals surface area contributed by atoms with Crippen molar-refractivity contribution in [2.75, 3.05) is 0 Å². The number of para-hydroxylation sites is 1. The van der Waals surface area contributed by atoms with Crippen molar-refractivity contribution >= 4 is 50.1 Å². The van der Waals surface area contributed by atoms with E-state index in [1.165, 1.54) is 38.7 Å². The van der Waals surface area contributed by atoms with Gasteiger partial charge in [0.15, 0.2) is 0 Å². The molecule has 122 valence electrons. The number of halogens is 2. The number of H-pyrrole nitrogens is 1. The molecule has 0 aliphatic carbocycles. The van der Waals surface area contributed by atoms with Crippen molar-refractivity contribution in [1.82, 2.24) is 9.97 Å². The minimum Gasteiger partial charge on any atom is -0.358 e. The number of aromatic amines is 1. The predicted octanol–water partition coefficient (Wildman–Crippen LogP) is 6.49. The van der Waals surface area contributed by atoms with Gasteiger partial charge in [0.2, 0.25) is 0 Å². The molecule has 2 aromatic heterocycles. The van der Waals surface area contributed by atoms with Gasteiger partial charge in [-0.15, -0.1) is 12.4 Å². The van der Waals surface area contributed by atoms with Crippen molar-refractivity contribution in [2.24, 2.45) is 0 Å². The lowest BCUT2D eigenvalue weighted by molar-refractivity contribution is 1.25. The Bertz CT molecular complexity index is 1070. The fourth-order valence-corrected chi connectivity index (χ4v) is 3.79. The molecular weight excluding hydrogens is 384 g/mol. The first-order valence-electron chi connectivity index (χ1n) is 7.70. The van der Waals surface area contributed by atoms with E-state index in [9.17, 15) is 0 Å². The maximum absolute atomic E-state index is 4.72. The summed E-state index contributed by atoms with van der Waals surface area (Å²) in [6, 6.07) is 15.0. The minimum atomic E-state index is 0. The highest BCUT2D eigenvalue weighted by Crippen LogP contribution is 2.38. The Hall–Kier alpha value is -1.84. The molecule has 0 saturated carbocycles. The Morgan fingerprint density at radius 3 is 2.54 bits per heavy atom. The zero-order valence-electron chi connectivity index (χ0n) is 13.8. The quantitative estimate of drug-likeness (QED) is 0.388. The third kappa shape index (κ3) is 2.62. The van der Waals surface area contributed by atoms with Crippen molar-refractivity contribution in [3.8, 4) is 11.1 Å². The Morgan fingerprint density at radius 1 is 0.958 bits per heavy atom. The lowest BCUT2D eigenvalue weighted by Gasteiger charge is -2.10. The topological polar surface area (TPSA) is 28.7 Å². The summed E-state index contributed by atoms with van der Waals surface area (Å²) < 4.78 is 1.04. The number of nitrogens with one attached hydrogen (secondary N) is 1. The molecule has 24 heavy (non-hydrogen) atoms. The van der Waals surface area contributed by atoms with Crippen LogP contribution in [0.5, 0.6) is 0 Å². The molecule has 1 N–H and O–H groups in total. The maximum atomic E-state index is 4.72. The zero-order chi connectivity index (χ0) is 16.1. The SMILES string of the molecule is Cc1ccc2[nH]c(C)c(-c3cc(C)nc4c(Br)cccc34)c2c1.Cl. The highest BCUT2D eigenvalue weighted by molar-refractivity contribution is 9.10. The number of aromatic nitrogens is 2. The molecule has 2 nitrogen and oxygen atoms in total. The zero-order valence-corrected chi connectivity index (χ0v) is 16.2. The summed E-state index contributed by atoms with van der Waals surface area (Å²) in [6.07, 6.45) is 0. The second-order valence-electron chi connectivity index (χ2n) is 6.12. The Kier molecular flexibility index (Phi) is 4.41. The second-order valence-corrected chi connectivity index (χ2v) is 6.98. The van der Waals surface area contributed by atoms with Crippen molar-refractivity contribution in [2.45, 2.75) is 20.8 Å². The summed E-state index contributed by atoms with van der Waals surface area (Å²) in [5.74, 6) is 0. The van der Waals surface area contributed by atoms with Crippen LogP contribution in [0.1, 0.15) is 17.0 Å². The number of hydrogen-bond acceptors (Lipinski definition) is 1. The minimum absolute atomic E-state index is 0. The molecule has 0 aliphatic rings. The molecule has 0 fully saturated rings. The Balaban J connectivity index is 0.00000169. The number of aryl methyl sites for hydroxylation is 3. The smallest absolute Gasteiger partial charge is 0.0853 e. The second kappa shape index (κ2) is 6.23. The molecule has 2 heterocycles. The average Bonchev–Trinajstić information content (AvgIpc) is 2.83. The van der Waals surface area contributed by atoms with Gasteiger partial charge in [0.25, 0.3) is 0 Å². The molecule has 4 aromatic rings. The van der Waals surface area contributed by atoms with Crippen LogP contribution >= 0.6 is 28.3 Å². The predicted molar refractivity (Wildman–Crippen MR) is 108 cm³/mol. The fraction of sp³-hybridized carbons (Fsp3) is 0.150.